The lowest BCUT2D eigenvalue weighted by atomic mass is 10.00. The van der Waals surface area contributed by atoms with Crippen LogP contribution in [0.15, 0.2) is 22.7 Å². The molecule has 1 aliphatic rings. The van der Waals surface area contributed by atoms with Crippen molar-refractivity contribution in [1.29, 1.82) is 0 Å². The van der Waals surface area contributed by atoms with E-state index in [1.54, 1.807) is 11.0 Å². The molecule has 2 rings (SSSR count). The Bertz CT molecular complexity index is 478. The van der Waals surface area contributed by atoms with Crippen molar-refractivity contribution in [2.45, 2.75) is 38.4 Å². The van der Waals surface area contributed by atoms with Crippen LogP contribution in [0, 0.1) is 5.82 Å². The maximum absolute atomic E-state index is 13.4. The number of amides is 1. The van der Waals surface area contributed by atoms with E-state index < -0.39 is 0 Å². The highest BCUT2D eigenvalue weighted by Gasteiger charge is 2.40. The Hall–Kier alpha value is -0.940. The van der Waals surface area contributed by atoms with Crippen LogP contribution in [0.2, 0.25) is 0 Å². The summed E-state index contributed by atoms with van der Waals surface area (Å²) in [6.07, 6.45) is 0.311. The number of halogens is 2. The first-order valence-electron chi connectivity index (χ1n) is 5.93. The molecule has 0 radical (unpaired) electrons. The van der Waals surface area contributed by atoms with E-state index in [-0.39, 0.29) is 29.8 Å². The molecule has 1 aliphatic heterocycles. The first-order valence-corrected chi connectivity index (χ1v) is 6.72. The molecule has 0 bridgehead atoms. The quantitative estimate of drug-likeness (QED) is 0.912. The van der Waals surface area contributed by atoms with Crippen molar-refractivity contribution in [1.82, 2.24) is 4.90 Å². The second-order valence-corrected chi connectivity index (χ2v) is 5.73. The summed E-state index contributed by atoms with van der Waals surface area (Å²) >= 11 is 3.40. The molecule has 2 N–H and O–H groups in total. The number of rotatable bonds is 2. The fourth-order valence-electron chi connectivity index (χ4n) is 2.51. The third kappa shape index (κ3) is 2.29. The van der Waals surface area contributed by atoms with E-state index in [1.165, 1.54) is 12.1 Å². The van der Waals surface area contributed by atoms with E-state index in [0.717, 1.165) is 10.0 Å². The standard InChI is InChI=1S/C13H16BrFN2O/c1-7(2)17-12(18)6-11(16)13(17)9-5-8(15)3-4-10(9)14/h3-5,7,11,13H,6,16H2,1-2H3. The monoisotopic (exact) mass is 314 g/mol. The Morgan fingerprint density at radius 3 is 2.78 bits per heavy atom. The van der Waals surface area contributed by atoms with Crippen LogP contribution in [0.25, 0.3) is 0 Å². The van der Waals surface area contributed by atoms with Crippen molar-refractivity contribution in [3.63, 3.8) is 0 Å². The van der Waals surface area contributed by atoms with Crippen molar-refractivity contribution in [2.75, 3.05) is 0 Å². The second kappa shape index (κ2) is 4.97. The average Bonchev–Trinajstić information content (AvgIpc) is 2.57. The minimum atomic E-state index is -0.316. The van der Waals surface area contributed by atoms with E-state index >= 15 is 0 Å². The SMILES string of the molecule is CC(C)N1C(=O)CC(N)C1c1cc(F)ccc1Br. The van der Waals surface area contributed by atoms with Crippen molar-refractivity contribution in [3.8, 4) is 0 Å². The molecule has 0 aromatic heterocycles. The van der Waals surface area contributed by atoms with Crippen molar-refractivity contribution >= 4 is 21.8 Å². The minimum Gasteiger partial charge on any atom is -0.332 e. The molecule has 3 nitrogen and oxygen atoms in total. The van der Waals surface area contributed by atoms with Crippen molar-refractivity contribution < 1.29 is 9.18 Å². The van der Waals surface area contributed by atoms with Gasteiger partial charge in [0.05, 0.1) is 6.04 Å². The van der Waals surface area contributed by atoms with Gasteiger partial charge in [-0.25, -0.2) is 4.39 Å². The highest BCUT2D eigenvalue weighted by Crippen LogP contribution is 2.37. The summed E-state index contributed by atoms with van der Waals surface area (Å²) in [5.41, 5.74) is 6.78. The third-order valence-corrected chi connectivity index (χ3v) is 3.96. The Morgan fingerprint density at radius 2 is 2.17 bits per heavy atom. The maximum Gasteiger partial charge on any atom is 0.225 e. The van der Waals surface area contributed by atoms with Crippen molar-refractivity contribution in [3.05, 3.63) is 34.1 Å². The number of likely N-dealkylation sites (tertiary alicyclic amines) is 1. The van der Waals surface area contributed by atoms with Gasteiger partial charge in [0.1, 0.15) is 5.82 Å². The van der Waals surface area contributed by atoms with E-state index in [2.05, 4.69) is 15.9 Å². The van der Waals surface area contributed by atoms with Gasteiger partial charge in [0, 0.05) is 23.0 Å². The van der Waals surface area contributed by atoms with Crippen LogP contribution in [0.3, 0.4) is 0 Å². The Labute approximate surface area is 114 Å². The Kier molecular flexibility index (Phi) is 3.73. The van der Waals surface area contributed by atoms with Gasteiger partial charge in [-0.1, -0.05) is 15.9 Å². The van der Waals surface area contributed by atoms with Gasteiger partial charge >= 0.3 is 0 Å². The van der Waals surface area contributed by atoms with Crippen LogP contribution in [-0.2, 0) is 4.79 Å². The lowest BCUT2D eigenvalue weighted by Crippen LogP contribution is -2.37. The van der Waals surface area contributed by atoms with Crippen LogP contribution in [0.4, 0.5) is 4.39 Å². The molecule has 18 heavy (non-hydrogen) atoms. The molecule has 98 valence electrons. The highest BCUT2D eigenvalue weighted by molar-refractivity contribution is 9.10. The first-order chi connectivity index (χ1) is 8.41. The Morgan fingerprint density at radius 1 is 1.50 bits per heavy atom. The van der Waals surface area contributed by atoms with E-state index in [0.29, 0.717) is 6.42 Å². The number of hydrogen-bond acceptors (Lipinski definition) is 2. The number of hydrogen-bond donors (Lipinski definition) is 1. The van der Waals surface area contributed by atoms with Gasteiger partial charge in [-0.3, -0.25) is 4.79 Å². The number of benzene rings is 1. The summed E-state index contributed by atoms with van der Waals surface area (Å²) in [6.45, 7) is 3.88. The zero-order valence-electron chi connectivity index (χ0n) is 10.4. The molecule has 2 unspecified atom stereocenters. The summed E-state index contributed by atoms with van der Waals surface area (Å²) < 4.78 is 14.2. The summed E-state index contributed by atoms with van der Waals surface area (Å²) in [6, 6.07) is 3.98. The average molecular weight is 315 g/mol. The molecule has 0 spiro atoms. The second-order valence-electron chi connectivity index (χ2n) is 4.87. The smallest absolute Gasteiger partial charge is 0.225 e. The molecule has 1 fully saturated rings. The first kappa shape index (κ1) is 13.5. The van der Waals surface area contributed by atoms with Crippen molar-refractivity contribution in [2.24, 2.45) is 5.73 Å². The molecule has 1 amide bonds. The van der Waals surface area contributed by atoms with Gasteiger partial charge < -0.3 is 10.6 Å². The molecular formula is C13H16BrFN2O. The number of carbonyl (C=O) groups is 1. The zero-order valence-corrected chi connectivity index (χ0v) is 11.9. The molecule has 1 aromatic rings. The van der Waals surface area contributed by atoms with E-state index in [4.69, 9.17) is 5.73 Å². The third-order valence-electron chi connectivity index (χ3n) is 3.24. The predicted molar refractivity (Wildman–Crippen MR) is 71.4 cm³/mol. The molecule has 5 heteroatoms. The summed E-state index contributed by atoms with van der Waals surface area (Å²) in [4.78, 5) is 13.7. The van der Waals surface area contributed by atoms with Gasteiger partial charge in [-0.15, -0.1) is 0 Å². The van der Waals surface area contributed by atoms with Gasteiger partial charge in [0.25, 0.3) is 0 Å². The predicted octanol–water partition coefficient (Wildman–Crippen LogP) is 2.60. The van der Waals surface area contributed by atoms with Crippen LogP contribution < -0.4 is 5.73 Å². The number of nitrogens with zero attached hydrogens (tertiary/aromatic N) is 1. The summed E-state index contributed by atoms with van der Waals surface area (Å²) in [7, 11) is 0. The minimum absolute atomic E-state index is 0.0265. The van der Waals surface area contributed by atoms with Gasteiger partial charge in [-0.05, 0) is 37.6 Å². The van der Waals surface area contributed by atoms with E-state index in [9.17, 15) is 9.18 Å². The van der Waals surface area contributed by atoms with Crippen LogP contribution in [0.1, 0.15) is 31.9 Å². The molecule has 1 heterocycles. The number of carbonyl (C=O) groups excluding carboxylic acids is 1. The van der Waals surface area contributed by atoms with E-state index in [1.807, 2.05) is 13.8 Å². The fourth-order valence-corrected chi connectivity index (χ4v) is 2.99. The normalized spacial score (nSPS) is 24.1. The van der Waals surface area contributed by atoms with Crippen LogP contribution >= 0.6 is 15.9 Å². The molecule has 0 saturated carbocycles. The largest absolute Gasteiger partial charge is 0.332 e. The molecular weight excluding hydrogens is 299 g/mol. The zero-order chi connectivity index (χ0) is 13.4. The van der Waals surface area contributed by atoms with Crippen LogP contribution in [0.5, 0.6) is 0 Å². The Balaban J connectivity index is 2.46. The summed E-state index contributed by atoms with van der Waals surface area (Å²) in [5.74, 6) is -0.290. The lowest BCUT2D eigenvalue weighted by Gasteiger charge is -2.31. The molecule has 1 saturated heterocycles. The molecule has 1 aromatic carbocycles. The topological polar surface area (TPSA) is 46.3 Å². The van der Waals surface area contributed by atoms with Gasteiger partial charge in [-0.2, -0.15) is 0 Å². The number of nitrogens with two attached hydrogens (primary N) is 1. The highest BCUT2D eigenvalue weighted by atomic mass is 79.9. The molecule has 0 aliphatic carbocycles. The molecule has 2 atom stereocenters. The maximum atomic E-state index is 13.4. The fraction of sp³-hybridized carbons (Fsp3) is 0.462. The van der Waals surface area contributed by atoms with Gasteiger partial charge in [0.15, 0.2) is 0 Å². The van der Waals surface area contributed by atoms with Gasteiger partial charge in [0.2, 0.25) is 5.91 Å². The van der Waals surface area contributed by atoms with Crippen LogP contribution in [-0.4, -0.2) is 22.9 Å². The summed E-state index contributed by atoms with van der Waals surface area (Å²) in [5, 5.41) is 0. The lowest BCUT2D eigenvalue weighted by molar-refractivity contribution is -0.130.